The van der Waals surface area contributed by atoms with Crippen LogP contribution in [0.2, 0.25) is 0 Å². The van der Waals surface area contributed by atoms with Crippen LogP contribution in [0, 0.1) is 5.41 Å². The second-order valence-electron chi connectivity index (χ2n) is 7.19. The average molecular weight is 322 g/mol. The Morgan fingerprint density at radius 1 is 1.22 bits per heavy atom. The molecule has 4 rings (SSSR count). The molecule has 6 heteroatoms. The van der Waals surface area contributed by atoms with Gasteiger partial charge in [0.2, 0.25) is 0 Å². The second kappa shape index (κ2) is 5.08. The lowest BCUT2D eigenvalue weighted by atomic mass is 9.77. The minimum Gasteiger partial charge on any atom is -0.435 e. The first-order chi connectivity index (χ1) is 11.0. The molecule has 1 aromatic carbocycles. The second-order valence-corrected chi connectivity index (χ2v) is 7.19. The highest BCUT2D eigenvalue weighted by Gasteiger charge is 2.53. The summed E-state index contributed by atoms with van der Waals surface area (Å²) in [6.45, 7) is -2.84. The van der Waals surface area contributed by atoms with E-state index in [1.54, 1.807) is 12.1 Å². The van der Waals surface area contributed by atoms with Crippen LogP contribution < -0.4 is 15.4 Å². The van der Waals surface area contributed by atoms with E-state index in [0.29, 0.717) is 5.41 Å². The van der Waals surface area contributed by atoms with Crippen LogP contribution in [0.4, 0.5) is 13.6 Å². The fourth-order valence-corrected chi connectivity index (χ4v) is 3.69. The minimum absolute atomic E-state index is 0.126. The molecule has 2 amide bonds. The number of halogens is 2. The molecule has 1 spiro atoms. The van der Waals surface area contributed by atoms with E-state index < -0.39 is 12.2 Å². The number of rotatable bonds is 5. The maximum atomic E-state index is 12.3. The third-order valence-corrected chi connectivity index (χ3v) is 5.37. The maximum Gasteiger partial charge on any atom is 0.387 e. The number of alkyl halides is 2. The van der Waals surface area contributed by atoms with Crippen molar-refractivity contribution in [1.82, 2.24) is 10.6 Å². The quantitative estimate of drug-likeness (QED) is 0.871. The van der Waals surface area contributed by atoms with E-state index in [9.17, 15) is 13.6 Å². The number of hydrogen-bond acceptors (Lipinski definition) is 2. The normalized spacial score (nSPS) is 23.3. The van der Waals surface area contributed by atoms with Gasteiger partial charge >= 0.3 is 12.6 Å². The van der Waals surface area contributed by atoms with E-state index in [4.69, 9.17) is 0 Å². The zero-order chi connectivity index (χ0) is 16.1. The van der Waals surface area contributed by atoms with Crippen molar-refractivity contribution >= 4 is 6.03 Å². The van der Waals surface area contributed by atoms with Gasteiger partial charge in [-0.15, -0.1) is 0 Å². The molecule has 0 radical (unpaired) electrons. The third-order valence-electron chi connectivity index (χ3n) is 5.37. The molecule has 2 N–H and O–H groups in total. The van der Waals surface area contributed by atoms with E-state index in [1.165, 1.54) is 18.9 Å². The van der Waals surface area contributed by atoms with Crippen molar-refractivity contribution in [1.29, 1.82) is 0 Å². The van der Waals surface area contributed by atoms with Gasteiger partial charge in [-0.25, -0.2) is 4.79 Å². The van der Waals surface area contributed by atoms with Gasteiger partial charge in [0, 0.05) is 6.04 Å². The predicted octanol–water partition coefficient (Wildman–Crippen LogP) is 3.52. The van der Waals surface area contributed by atoms with Crippen molar-refractivity contribution < 1.29 is 18.3 Å². The lowest BCUT2D eigenvalue weighted by Crippen LogP contribution is -2.51. The molecule has 4 nitrogen and oxygen atoms in total. The molecule has 0 saturated heterocycles. The molecule has 0 atom stereocenters. The summed E-state index contributed by atoms with van der Waals surface area (Å²) in [6, 6.07) is 6.71. The number of amides is 2. The molecular weight excluding hydrogens is 302 g/mol. The summed E-state index contributed by atoms with van der Waals surface area (Å²) in [5, 5.41) is 6.04. The first-order valence-electron chi connectivity index (χ1n) is 8.13. The number of carbonyl (C=O) groups is 1. The van der Waals surface area contributed by atoms with Crippen LogP contribution in [0.15, 0.2) is 24.3 Å². The van der Waals surface area contributed by atoms with Gasteiger partial charge in [0.1, 0.15) is 5.75 Å². The Hall–Kier alpha value is -1.85. The highest BCUT2D eigenvalue weighted by molar-refractivity contribution is 5.76. The summed E-state index contributed by atoms with van der Waals surface area (Å²) < 4.78 is 29.1. The van der Waals surface area contributed by atoms with Crippen molar-refractivity contribution in [3.63, 3.8) is 0 Å². The molecule has 124 valence electrons. The molecule has 0 unspecified atom stereocenters. The van der Waals surface area contributed by atoms with E-state index in [2.05, 4.69) is 15.4 Å². The first kappa shape index (κ1) is 14.7. The number of urea groups is 1. The van der Waals surface area contributed by atoms with E-state index in [0.717, 1.165) is 31.2 Å². The molecule has 3 fully saturated rings. The maximum absolute atomic E-state index is 12.3. The summed E-state index contributed by atoms with van der Waals surface area (Å²) >= 11 is 0. The van der Waals surface area contributed by atoms with Crippen molar-refractivity contribution in [3.05, 3.63) is 29.8 Å². The Kier molecular flexibility index (Phi) is 3.25. The minimum atomic E-state index is -2.84. The molecule has 0 heterocycles. The zero-order valence-corrected chi connectivity index (χ0v) is 12.8. The Morgan fingerprint density at radius 2 is 1.96 bits per heavy atom. The molecule has 3 aliphatic rings. The van der Waals surface area contributed by atoms with Gasteiger partial charge in [0.05, 0.1) is 5.54 Å². The summed E-state index contributed by atoms with van der Waals surface area (Å²) in [6.07, 6.45) is 6.40. The van der Waals surface area contributed by atoms with Gasteiger partial charge in [0.15, 0.2) is 0 Å². The van der Waals surface area contributed by atoms with Crippen LogP contribution in [0.25, 0.3) is 0 Å². The van der Waals surface area contributed by atoms with Crippen LogP contribution in [0.1, 0.15) is 44.1 Å². The van der Waals surface area contributed by atoms with E-state index in [1.807, 2.05) is 6.07 Å². The van der Waals surface area contributed by atoms with Crippen molar-refractivity contribution in [2.75, 3.05) is 0 Å². The van der Waals surface area contributed by atoms with Crippen LogP contribution in [-0.2, 0) is 5.54 Å². The number of benzene rings is 1. The number of ether oxygens (including phenoxy) is 1. The van der Waals surface area contributed by atoms with E-state index in [-0.39, 0.29) is 17.8 Å². The fraction of sp³-hybridized carbons (Fsp3) is 0.588. The summed E-state index contributed by atoms with van der Waals surface area (Å²) in [5.74, 6) is 0.126. The predicted molar refractivity (Wildman–Crippen MR) is 80.3 cm³/mol. The summed E-state index contributed by atoms with van der Waals surface area (Å²) in [7, 11) is 0. The topological polar surface area (TPSA) is 50.4 Å². The van der Waals surface area contributed by atoms with Gasteiger partial charge in [-0.05, 0) is 61.6 Å². The molecule has 3 saturated carbocycles. The van der Waals surface area contributed by atoms with E-state index >= 15 is 0 Å². The van der Waals surface area contributed by atoms with Gasteiger partial charge in [-0.1, -0.05) is 12.1 Å². The highest BCUT2D eigenvalue weighted by atomic mass is 19.3. The lowest BCUT2D eigenvalue weighted by Gasteiger charge is -2.36. The largest absolute Gasteiger partial charge is 0.435 e. The van der Waals surface area contributed by atoms with Crippen molar-refractivity contribution in [2.45, 2.75) is 56.7 Å². The highest BCUT2D eigenvalue weighted by Crippen LogP contribution is 2.60. The number of carbonyl (C=O) groups excluding carboxylic acids is 1. The average Bonchev–Trinajstić information content (AvgIpc) is 3.33. The monoisotopic (exact) mass is 322 g/mol. The third kappa shape index (κ3) is 2.99. The Morgan fingerprint density at radius 3 is 2.57 bits per heavy atom. The van der Waals surface area contributed by atoms with Crippen LogP contribution in [0.5, 0.6) is 5.75 Å². The SMILES string of the molecule is O=C(NC1CC2(CC2)C1)NC1(c2cccc(OC(F)F)c2)CC1. The molecule has 0 aromatic heterocycles. The number of hydrogen-bond donors (Lipinski definition) is 2. The van der Waals surface area contributed by atoms with Gasteiger partial charge in [-0.3, -0.25) is 0 Å². The summed E-state index contributed by atoms with van der Waals surface area (Å²) in [4.78, 5) is 12.2. The van der Waals surface area contributed by atoms with Crippen LogP contribution >= 0.6 is 0 Å². The van der Waals surface area contributed by atoms with Crippen LogP contribution in [-0.4, -0.2) is 18.7 Å². The lowest BCUT2D eigenvalue weighted by molar-refractivity contribution is -0.0499. The molecule has 1 aromatic rings. The van der Waals surface area contributed by atoms with Crippen molar-refractivity contribution in [2.24, 2.45) is 5.41 Å². The Bertz CT molecular complexity index is 619. The van der Waals surface area contributed by atoms with Crippen molar-refractivity contribution in [3.8, 4) is 5.75 Å². The molecular formula is C17H20F2N2O2. The standard InChI is InChI=1S/C17H20F2N2O2/c18-14(19)23-13-3-1-2-11(8-13)17(6-7-17)21-15(22)20-12-9-16(10-12)4-5-16/h1-3,8,12,14H,4-7,9-10H2,(H2,20,21,22). The van der Waals surface area contributed by atoms with Gasteiger partial charge in [0.25, 0.3) is 0 Å². The number of nitrogens with one attached hydrogen (secondary N) is 2. The fourth-order valence-electron chi connectivity index (χ4n) is 3.69. The van der Waals surface area contributed by atoms with Gasteiger partial charge in [-0.2, -0.15) is 8.78 Å². The smallest absolute Gasteiger partial charge is 0.387 e. The molecule has 23 heavy (non-hydrogen) atoms. The Labute approximate surface area is 133 Å². The molecule has 0 bridgehead atoms. The molecule has 3 aliphatic carbocycles. The van der Waals surface area contributed by atoms with Gasteiger partial charge < -0.3 is 15.4 Å². The van der Waals surface area contributed by atoms with Crippen LogP contribution in [0.3, 0.4) is 0 Å². The molecule has 0 aliphatic heterocycles. The zero-order valence-electron chi connectivity index (χ0n) is 12.8. The summed E-state index contributed by atoms with van der Waals surface area (Å²) in [5.41, 5.74) is 0.931. The first-order valence-corrected chi connectivity index (χ1v) is 8.13. The Balaban J connectivity index is 1.37.